The molecule has 0 aliphatic carbocycles. The van der Waals surface area contributed by atoms with Crippen molar-refractivity contribution >= 4 is 5.84 Å². The fourth-order valence-electron chi connectivity index (χ4n) is 1.29. The van der Waals surface area contributed by atoms with Gasteiger partial charge in [-0.05, 0) is 40.3 Å². The highest BCUT2D eigenvalue weighted by atomic mass is 16.5. The lowest BCUT2D eigenvalue weighted by molar-refractivity contribution is 0.0636. The van der Waals surface area contributed by atoms with Crippen LogP contribution in [0.25, 0.3) is 0 Å². The van der Waals surface area contributed by atoms with E-state index in [0.717, 1.165) is 32.5 Å². The number of hydrogen-bond acceptors (Lipinski definition) is 4. The molecule has 0 saturated heterocycles. The number of rotatable bonds is 9. The monoisotopic (exact) mass is 231 g/mol. The molecule has 0 aliphatic rings. The van der Waals surface area contributed by atoms with Gasteiger partial charge in [0, 0.05) is 13.0 Å². The molecule has 0 amide bonds. The highest BCUT2D eigenvalue weighted by Crippen LogP contribution is 1.98. The van der Waals surface area contributed by atoms with Gasteiger partial charge in [-0.2, -0.15) is 0 Å². The summed E-state index contributed by atoms with van der Waals surface area (Å²) in [6, 6.07) is 0. The Hall–Kier alpha value is -0.810. The van der Waals surface area contributed by atoms with Crippen LogP contribution in [0.3, 0.4) is 0 Å². The molecule has 0 unspecified atom stereocenters. The first-order valence-corrected chi connectivity index (χ1v) is 5.82. The summed E-state index contributed by atoms with van der Waals surface area (Å²) in [6.07, 6.45) is 2.96. The summed E-state index contributed by atoms with van der Waals surface area (Å²) >= 11 is 0. The number of nitrogens with two attached hydrogens (primary N) is 1. The number of oxime groups is 1. The minimum atomic E-state index is 0.300. The molecule has 0 aliphatic heterocycles. The van der Waals surface area contributed by atoms with Crippen LogP contribution in [0, 0.1) is 0 Å². The summed E-state index contributed by atoms with van der Waals surface area (Å²) in [5.41, 5.74) is 5.37. The SMILES string of the molecule is CC(C)OCCN(C)CCCCC(N)=NO. The Kier molecular flexibility index (Phi) is 8.94. The molecule has 3 N–H and O–H groups in total. The topological polar surface area (TPSA) is 71.1 Å². The zero-order valence-corrected chi connectivity index (χ0v) is 10.6. The van der Waals surface area contributed by atoms with Crippen LogP contribution in [0.5, 0.6) is 0 Å². The van der Waals surface area contributed by atoms with Crippen LogP contribution in [0.1, 0.15) is 33.1 Å². The zero-order valence-electron chi connectivity index (χ0n) is 10.6. The van der Waals surface area contributed by atoms with Gasteiger partial charge < -0.3 is 20.6 Å². The second-order valence-electron chi connectivity index (χ2n) is 4.27. The third kappa shape index (κ3) is 9.73. The van der Waals surface area contributed by atoms with Gasteiger partial charge >= 0.3 is 0 Å². The number of nitrogens with zero attached hydrogens (tertiary/aromatic N) is 2. The van der Waals surface area contributed by atoms with Crippen LogP contribution >= 0.6 is 0 Å². The smallest absolute Gasteiger partial charge is 0.139 e. The molecule has 0 aromatic carbocycles. The first-order chi connectivity index (χ1) is 7.56. The molecule has 0 heterocycles. The fourth-order valence-corrected chi connectivity index (χ4v) is 1.29. The molecule has 5 heteroatoms. The van der Waals surface area contributed by atoms with E-state index in [1.54, 1.807) is 0 Å². The Labute approximate surface area is 98.2 Å². The van der Waals surface area contributed by atoms with E-state index in [2.05, 4.69) is 17.1 Å². The molecule has 0 spiro atoms. The van der Waals surface area contributed by atoms with Crippen molar-refractivity contribution < 1.29 is 9.94 Å². The molecule has 5 nitrogen and oxygen atoms in total. The largest absolute Gasteiger partial charge is 0.409 e. The van der Waals surface area contributed by atoms with Crippen LogP contribution < -0.4 is 5.73 Å². The van der Waals surface area contributed by atoms with Gasteiger partial charge in [-0.25, -0.2) is 0 Å². The number of unbranched alkanes of at least 4 members (excludes halogenated alkanes) is 1. The van der Waals surface area contributed by atoms with E-state index in [4.69, 9.17) is 15.7 Å². The zero-order chi connectivity index (χ0) is 12.4. The number of amidine groups is 1. The molecule has 16 heavy (non-hydrogen) atoms. The quantitative estimate of drug-likeness (QED) is 0.206. The molecular weight excluding hydrogens is 206 g/mol. The normalized spacial score (nSPS) is 12.7. The lowest BCUT2D eigenvalue weighted by Gasteiger charge is -2.17. The van der Waals surface area contributed by atoms with Crippen molar-refractivity contribution in [2.24, 2.45) is 10.9 Å². The minimum Gasteiger partial charge on any atom is -0.409 e. The summed E-state index contributed by atoms with van der Waals surface area (Å²) in [6.45, 7) is 6.81. The van der Waals surface area contributed by atoms with Crippen molar-refractivity contribution in [2.75, 3.05) is 26.7 Å². The number of likely N-dealkylation sites (N-methyl/N-ethyl adjacent to an activating group) is 1. The van der Waals surface area contributed by atoms with E-state index in [1.165, 1.54) is 0 Å². The third-order valence-corrected chi connectivity index (χ3v) is 2.28. The summed E-state index contributed by atoms with van der Waals surface area (Å²) in [4.78, 5) is 2.23. The van der Waals surface area contributed by atoms with E-state index in [0.29, 0.717) is 18.4 Å². The molecule has 0 aromatic rings. The van der Waals surface area contributed by atoms with E-state index < -0.39 is 0 Å². The number of hydrogen-bond donors (Lipinski definition) is 2. The summed E-state index contributed by atoms with van der Waals surface area (Å²) in [5.74, 6) is 0.311. The Morgan fingerprint density at radius 2 is 2.06 bits per heavy atom. The summed E-state index contributed by atoms with van der Waals surface area (Å²) in [5, 5.41) is 11.3. The van der Waals surface area contributed by atoms with Gasteiger partial charge in [-0.15, -0.1) is 0 Å². The van der Waals surface area contributed by atoms with Gasteiger partial charge in [0.1, 0.15) is 5.84 Å². The van der Waals surface area contributed by atoms with E-state index in [9.17, 15) is 0 Å². The van der Waals surface area contributed by atoms with Crippen molar-refractivity contribution in [2.45, 2.75) is 39.2 Å². The summed E-state index contributed by atoms with van der Waals surface area (Å²) in [7, 11) is 2.08. The average molecular weight is 231 g/mol. The molecule has 0 rings (SSSR count). The van der Waals surface area contributed by atoms with E-state index in [-0.39, 0.29) is 0 Å². The van der Waals surface area contributed by atoms with Gasteiger partial charge in [0.05, 0.1) is 12.7 Å². The Morgan fingerprint density at radius 1 is 1.38 bits per heavy atom. The average Bonchev–Trinajstić information content (AvgIpc) is 2.23. The van der Waals surface area contributed by atoms with Gasteiger partial charge in [0.15, 0.2) is 0 Å². The maximum absolute atomic E-state index is 8.35. The lowest BCUT2D eigenvalue weighted by atomic mass is 10.2. The molecule has 96 valence electrons. The minimum absolute atomic E-state index is 0.300. The van der Waals surface area contributed by atoms with Crippen LogP contribution in [0.4, 0.5) is 0 Å². The molecule has 0 radical (unpaired) electrons. The molecule has 0 saturated carbocycles. The standard InChI is InChI=1S/C11H25N3O2/c1-10(2)16-9-8-14(3)7-5-4-6-11(12)13-15/h10,15H,4-9H2,1-3H3,(H2,12,13). The van der Waals surface area contributed by atoms with E-state index in [1.807, 2.05) is 13.8 Å². The van der Waals surface area contributed by atoms with Crippen molar-refractivity contribution in [3.63, 3.8) is 0 Å². The van der Waals surface area contributed by atoms with Gasteiger partial charge in [0.2, 0.25) is 0 Å². The van der Waals surface area contributed by atoms with Crippen molar-refractivity contribution in [1.82, 2.24) is 4.90 Å². The highest BCUT2D eigenvalue weighted by Gasteiger charge is 2.00. The van der Waals surface area contributed by atoms with Crippen LogP contribution in [0.15, 0.2) is 5.16 Å². The van der Waals surface area contributed by atoms with Crippen LogP contribution in [-0.2, 0) is 4.74 Å². The fraction of sp³-hybridized carbons (Fsp3) is 0.909. The Balaban J connectivity index is 3.33. The first kappa shape index (κ1) is 15.2. The van der Waals surface area contributed by atoms with Gasteiger partial charge in [-0.3, -0.25) is 0 Å². The van der Waals surface area contributed by atoms with Gasteiger partial charge in [-0.1, -0.05) is 5.16 Å². The Bertz CT molecular complexity index is 196. The van der Waals surface area contributed by atoms with E-state index >= 15 is 0 Å². The Morgan fingerprint density at radius 3 is 2.62 bits per heavy atom. The third-order valence-electron chi connectivity index (χ3n) is 2.28. The van der Waals surface area contributed by atoms with Gasteiger partial charge in [0.25, 0.3) is 0 Å². The molecular formula is C11H25N3O2. The second-order valence-corrected chi connectivity index (χ2v) is 4.27. The maximum atomic E-state index is 8.35. The van der Waals surface area contributed by atoms with Crippen LogP contribution in [-0.4, -0.2) is 48.8 Å². The second kappa shape index (κ2) is 9.42. The summed E-state index contributed by atoms with van der Waals surface area (Å²) < 4.78 is 5.46. The highest BCUT2D eigenvalue weighted by molar-refractivity contribution is 5.79. The van der Waals surface area contributed by atoms with Crippen molar-refractivity contribution in [3.05, 3.63) is 0 Å². The molecule has 0 aromatic heterocycles. The predicted molar refractivity (Wildman–Crippen MR) is 65.8 cm³/mol. The first-order valence-electron chi connectivity index (χ1n) is 5.82. The maximum Gasteiger partial charge on any atom is 0.139 e. The van der Waals surface area contributed by atoms with Crippen molar-refractivity contribution in [3.8, 4) is 0 Å². The predicted octanol–water partition coefficient (Wildman–Crippen LogP) is 1.26. The van der Waals surface area contributed by atoms with Crippen LogP contribution in [0.2, 0.25) is 0 Å². The number of ether oxygens (including phenoxy) is 1. The molecule has 0 bridgehead atoms. The molecule has 0 atom stereocenters. The van der Waals surface area contributed by atoms with Crippen molar-refractivity contribution in [1.29, 1.82) is 0 Å². The lowest BCUT2D eigenvalue weighted by Crippen LogP contribution is -2.25. The molecule has 0 fully saturated rings.